The molecule has 0 amide bonds. The lowest BCUT2D eigenvalue weighted by Crippen LogP contribution is -2.49. The number of alkyl halides is 1. The Morgan fingerprint density at radius 2 is 1.67 bits per heavy atom. The Morgan fingerprint density at radius 1 is 0.939 bits per heavy atom. The van der Waals surface area contributed by atoms with Gasteiger partial charge < -0.3 is 9.26 Å². The molecule has 0 unspecified atom stereocenters. The van der Waals surface area contributed by atoms with Crippen LogP contribution in [0.2, 0.25) is 5.02 Å². The van der Waals surface area contributed by atoms with Gasteiger partial charge in [0, 0.05) is 36.7 Å². The van der Waals surface area contributed by atoms with Crippen LogP contribution in [0.3, 0.4) is 0 Å². The van der Waals surface area contributed by atoms with Gasteiger partial charge in [-0.3, -0.25) is 9.29 Å². The van der Waals surface area contributed by atoms with Crippen molar-refractivity contribution in [3.05, 3.63) is 83.9 Å². The molecule has 0 radical (unpaired) electrons. The molecule has 1 aromatic heterocycles. The summed E-state index contributed by atoms with van der Waals surface area (Å²) in [5.74, 6) is 1.68. The van der Waals surface area contributed by atoms with Gasteiger partial charge in [0.05, 0.1) is 17.3 Å². The standard InChI is InChI=1S/C27H24ClFN2O2/c28-24-9-5-4-8-23(24)26-25(27(33-30-26)21-6-2-1-3-7-21)20-10-12-22(13-11-20)32-15-14-31-17-19(16-29)18-31/h1-13,19H,14-18H2. The minimum Gasteiger partial charge on any atom is -0.492 e. The molecule has 1 aliphatic heterocycles. The van der Waals surface area contributed by atoms with Crippen molar-refractivity contribution in [2.24, 2.45) is 5.92 Å². The third kappa shape index (κ3) is 4.65. The van der Waals surface area contributed by atoms with Gasteiger partial charge in [-0.1, -0.05) is 77.4 Å². The Kier molecular flexibility index (Phi) is 6.42. The molecule has 168 valence electrons. The highest BCUT2D eigenvalue weighted by Gasteiger charge is 2.26. The van der Waals surface area contributed by atoms with Crippen molar-refractivity contribution in [2.45, 2.75) is 0 Å². The second kappa shape index (κ2) is 9.77. The Bertz CT molecular complexity index is 1200. The highest BCUT2D eigenvalue weighted by molar-refractivity contribution is 6.33. The summed E-state index contributed by atoms with van der Waals surface area (Å²) in [7, 11) is 0. The molecule has 3 aromatic carbocycles. The molecule has 6 heteroatoms. The fraction of sp³-hybridized carbons (Fsp3) is 0.222. The van der Waals surface area contributed by atoms with Crippen molar-refractivity contribution in [1.29, 1.82) is 0 Å². The summed E-state index contributed by atoms with van der Waals surface area (Å²) in [6.45, 7) is 2.78. The predicted octanol–water partition coefficient (Wildman–Crippen LogP) is 6.61. The first kappa shape index (κ1) is 21.7. The van der Waals surface area contributed by atoms with Crippen LogP contribution in [0.15, 0.2) is 83.4 Å². The van der Waals surface area contributed by atoms with Crippen LogP contribution in [0.25, 0.3) is 33.7 Å². The van der Waals surface area contributed by atoms with Gasteiger partial charge in [0.15, 0.2) is 5.76 Å². The summed E-state index contributed by atoms with van der Waals surface area (Å²) in [4.78, 5) is 2.21. The molecule has 0 saturated carbocycles. The summed E-state index contributed by atoms with van der Waals surface area (Å²) in [6.07, 6.45) is 0. The first-order valence-electron chi connectivity index (χ1n) is 11.0. The van der Waals surface area contributed by atoms with E-state index in [-0.39, 0.29) is 12.6 Å². The third-order valence-electron chi connectivity index (χ3n) is 5.93. The first-order valence-corrected chi connectivity index (χ1v) is 11.4. The smallest absolute Gasteiger partial charge is 0.175 e. The largest absolute Gasteiger partial charge is 0.492 e. The molecule has 0 aliphatic carbocycles. The lowest BCUT2D eigenvalue weighted by Gasteiger charge is -2.37. The molecule has 2 heterocycles. The van der Waals surface area contributed by atoms with E-state index in [9.17, 15) is 4.39 Å². The van der Waals surface area contributed by atoms with E-state index in [0.29, 0.717) is 23.1 Å². The fourth-order valence-corrected chi connectivity index (χ4v) is 4.37. The number of nitrogens with zero attached hydrogens (tertiary/aromatic N) is 2. The molecule has 0 atom stereocenters. The zero-order valence-electron chi connectivity index (χ0n) is 18.1. The zero-order valence-corrected chi connectivity index (χ0v) is 18.8. The SMILES string of the molecule is FCC1CN(CCOc2ccc(-c3c(-c4ccccc4Cl)noc3-c3ccccc3)cc2)C1. The monoisotopic (exact) mass is 462 g/mol. The molecule has 0 bridgehead atoms. The molecular weight excluding hydrogens is 439 g/mol. The minimum atomic E-state index is -0.233. The number of benzene rings is 3. The minimum absolute atomic E-state index is 0.193. The molecule has 0 N–H and O–H groups in total. The summed E-state index contributed by atoms with van der Waals surface area (Å²) >= 11 is 6.49. The van der Waals surface area contributed by atoms with Crippen LogP contribution in [0.1, 0.15) is 0 Å². The van der Waals surface area contributed by atoms with E-state index in [1.54, 1.807) is 0 Å². The highest BCUT2D eigenvalue weighted by Crippen LogP contribution is 2.42. The molecule has 1 fully saturated rings. The number of aromatic nitrogens is 1. The van der Waals surface area contributed by atoms with Crippen molar-refractivity contribution in [1.82, 2.24) is 10.1 Å². The zero-order chi connectivity index (χ0) is 22.6. The van der Waals surface area contributed by atoms with Crippen molar-refractivity contribution in [2.75, 3.05) is 32.9 Å². The maximum Gasteiger partial charge on any atom is 0.175 e. The summed E-state index contributed by atoms with van der Waals surface area (Å²) in [5, 5.41) is 5.02. The number of hydrogen-bond acceptors (Lipinski definition) is 4. The van der Waals surface area contributed by atoms with Crippen LogP contribution in [-0.2, 0) is 0 Å². The Balaban J connectivity index is 1.40. The average Bonchev–Trinajstić information content (AvgIpc) is 3.27. The summed E-state index contributed by atoms with van der Waals surface area (Å²) in [5.41, 5.74) is 4.32. The highest BCUT2D eigenvalue weighted by atomic mass is 35.5. The van der Waals surface area contributed by atoms with Gasteiger partial charge in [-0.05, 0) is 23.8 Å². The second-order valence-corrected chi connectivity index (χ2v) is 8.64. The maximum atomic E-state index is 12.6. The van der Waals surface area contributed by atoms with E-state index in [4.69, 9.17) is 20.9 Å². The van der Waals surface area contributed by atoms with Crippen LogP contribution in [0.5, 0.6) is 5.75 Å². The number of ether oxygens (including phenoxy) is 1. The van der Waals surface area contributed by atoms with E-state index in [0.717, 1.165) is 47.6 Å². The van der Waals surface area contributed by atoms with E-state index in [2.05, 4.69) is 10.1 Å². The van der Waals surface area contributed by atoms with Gasteiger partial charge >= 0.3 is 0 Å². The van der Waals surface area contributed by atoms with E-state index in [1.807, 2.05) is 78.9 Å². The Labute approximate surface area is 197 Å². The van der Waals surface area contributed by atoms with Crippen LogP contribution < -0.4 is 4.74 Å². The fourth-order valence-electron chi connectivity index (χ4n) is 4.15. The molecule has 0 spiro atoms. The lowest BCUT2D eigenvalue weighted by atomic mass is 9.96. The molecule has 1 saturated heterocycles. The molecule has 4 aromatic rings. The quantitative estimate of drug-likeness (QED) is 0.295. The molecular formula is C27H24ClFN2O2. The van der Waals surface area contributed by atoms with Crippen molar-refractivity contribution >= 4 is 11.6 Å². The van der Waals surface area contributed by atoms with Gasteiger partial charge in [0.2, 0.25) is 0 Å². The van der Waals surface area contributed by atoms with Crippen LogP contribution >= 0.6 is 11.6 Å². The molecule has 1 aliphatic rings. The Morgan fingerprint density at radius 3 is 2.39 bits per heavy atom. The summed E-state index contributed by atoms with van der Waals surface area (Å²) < 4.78 is 24.3. The van der Waals surface area contributed by atoms with Crippen molar-refractivity contribution in [3.8, 4) is 39.5 Å². The second-order valence-electron chi connectivity index (χ2n) is 8.23. The van der Waals surface area contributed by atoms with Crippen LogP contribution in [0, 0.1) is 5.92 Å². The maximum absolute atomic E-state index is 12.6. The molecule has 4 nitrogen and oxygen atoms in total. The average molecular weight is 463 g/mol. The first-order chi connectivity index (χ1) is 16.2. The van der Waals surface area contributed by atoms with Crippen LogP contribution in [-0.4, -0.2) is 43.0 Å². The molecule has 5 rings (SSSR count). The van der Waals surface area contributed by atoms with E-state index >= 15 is 0 Å². The van der Waals surface area contributed by atoms with Gasteiger partial charge in [-0.15, -0.1) is 0 Å². The number of rotatable bonds is 8. The topological polar surface area (TPSA) is 38.5 Å². The van der Waals surface area contributed by atoms with Gasteiger partial charge in [0.1, 0.15) is 18.1 Å². The normalized spacial score (nSPS) is 14.2. The van der Waals surface area contributed by atoms with Gasteiger partial charge in [0.25, 0.3) is 0 Å². The Hall–Kier alpha value is -3.15. The number of likely N-dealkylation sites (tertiary alicyclic amines) is 1. The molecule has 33 heavy (non-hydrogen) atoms. The van der Waals surface area contributed by atoms with Crippen molar-refractivity contribution < 1.29 is 13.7 Å². The summed E-state index contributed by atoms with van der Waals surface area (Å²) in [6, 6.07) is 25.5. The van der Waals surface area contributed by atoms with Crippen LogP contribution in [0.4, 0.5) is 4.39 Å². The van der Waals surface area contributed by atoms with Gasteiger partial charge in [-0.2, -0.15) is 0 Å². The van der Waals surface area contributed by atoms with Gasteiger partial charge in [-0.25, -0.2) is 0 Å². The van der Waals surface area contributed by atoms with Crippen molar-refractivity contribution in [3.63, 3.8) is 0 Å². The lowest BCUT2D eigenvalue weighted by molar-refractivity contribution is 0.0668. The van der Waals surface area contributed by atoms with E-state index in [1.165, 1.54) is 0 Å². The van der Waals surface area contributed by atoms with E-state index < -0.39 is 0 Å². The number of hydrogen-bond donors (Lipinski definition) is 0. The number of halogens is 2. The predicted molar refractivity (Wildman–Crippen MR) is 129 cm³/mol. The third-order valence-corrected chi connectivity index (χ3v) is 6.26.